The number of carboxylic acids is 1. The number of carbonyl (C=O) groups is 2. The highest BCUT2D eigenvalue weighted by Crippen LogP contribution is 2.36. The first-order valence-electron chi connectivity index (χ1n) is 7.89. The third-order valence-electron chi connectivity index (χ3n) is 4.48. The minimum Gasteiger partial charge on any atom is -0.481 e. The minimum absolute atomic E-state index is 0.131. The summed E-state index contributed by atoms with van der Waals surface area (Å²) in [5.74, 6) is -1.33. The van der Waals surface area contributed by atoms with E-state index in [4.69, 9.17) is 0 Å². The first-order valence-corrected chi connectivity index (χ1v) is 9.16. The fourth-order valence-electron chi connectivity index (χ4n) is 3.25. The summed E-state index contributed by atoms with van der Waals surface area (Å²) in [4.78, 5) is 27.0. The first-order chi connectivity index (χ1) is 11.0. The monoisotopic (exact) mass is 349 g/mol. The predicted octanol–water partition coefficient (Wildman–Crippen LogP) is 4.36. The molecular weight excluding hydrogens is 330 g/mol. The van der Waals surface area contributed by atoms with Crippen molar-refractivity contribution >= 4 is 45.3 Å². The molecule has 1 aromatic carbocycles. The van der Waals surface area contributed by atoms with Gasteiger partial charge in [-0.15, -0.1) is 24.0 Å². The van der Waals surface area contributed by atoms with Crippen molar-refractivity contribution in [1.82, 2.24) is 4.98 Å². The number of carbonyl (C=O) groups excluding carboxylic acids is 1. The summed E-state index contributed by atoms with van der Waals surface area (Å²) in [6.07, 6.45) is 6.20. The molecule has 0 spiro atoms. The van der Waals surface area contributed by atoms with Gasteiger partial charge < -0.3 is 5.11 Å². The Balaban J connectivity index is 1.91. The minimum atomic E-state index is -1.03. The van der Waals surface area contributed by atoms with Crippen molar-refractivity contribution in [3.63, 3.8) is 0 Å². The van der Waals surface area contributed by atoms with Gasteiger partial charge in [0.05, 0.1) is 10.2 Å². The number of benzene rings is 1. The topological polar surface area (TPSA) is 67.3 Å². The van der Waals surface area contributed by atoms with E-state index >= 15 is 0 Å². The van der Waals surface area contributed by atoms with Gasteiger partial charge in [-0.25, -0.2) is 4.98 Å². The fraction of sp³-hybridized carbons (Fsp3) is 0.471. The molecule has 1 aromatic heterocycles. The summed E-state index contributed by atoms with van der Waals surface area (Å²) in [5.41, 5.74) is 2.13. The van der Waals surface area contributed by atoms with Crippen LogP contribution in [0.1, 0.15) is 60.9 Å². The van der Waals surface area contributed by atoms with Crippen LogP contribution in [0.2, 0.25) is 0 Å². The van der Waals surface area contributed by atoms with Gasteiger partial charge in [0, 0.05) is 6.42 Å². The standard InChI is InChI=1S/C17H19NO3S2/c19-15(22)9-12(17(20)21)16-18-13-7-6-11(8-14(13)23-16)10-4-2-1-3-5-10/h6-8,10,12H,1-5,9H2,(H,19,22)(H,20,21). The van der Waals surface area contributed by atoms with E-state index in [1.165, 1.54) is 49.0 Å². The Kier molecular flexibility index (Phi) is 5.02. The Labute approximate surface area is 144 Å². The second-order valence-corrected chi connectivity index (χ2v) is 7.66. The second-order valence-electron chi connectivity index (χ2n) is 6.10. The Morgan fingerprint density at radius 1 is 1.30 bits per heavy atom. The largest absolute Gasteiger partial charge is 0.481 e. The molecule has 4 nitrogen and oxygen atoms in total. The summed E-state index contributed by atoms with van der Waals surface area (Å²) >= 11 is 5.08. The third-order valence-corrected chi connectivity index (χ3v) is 5.79. The van der Waals surface area contributed by atoms with E-state index in [0.717, 1.165) is 10.2 Å². The molecule has 3 rings (SSSR count). The molecule has 0 radical (unpaired) electrons. The van der Waals surface area contributed by atoms with Gasteiger partial charge in [0.1, 0.15) is 10.9 Å². The number of thiol groups is 1. The normalized spacial score (nSPS) is 17.3. The molecule has 122 valence electrons. The average molecular weight is 349 g/mol. The van der Waals surface area contributed by atoms with Crippen LogP contribution in [0.4, 0.5) is 0 Å². The molecule has 1 fully saturated rings. The van der Waals surface area contributed by atoms with Crippen molar-refractivity contribution < 1.29 is 14.7 Å². The van der Waals surface area contributed by atoms with Crippen molar-refractivity contribution in [2.45, 2.75) is 50.4 Å². The molecule has 23 heavy (non-hydrogen) atoms. The Bertz CT molecular complexity index is 735. The summed E-state index contributed by atoms with van der Waals surface area (Å²) in [5, 5.41) is 9.39. The van der Waals surface area contributed by atoms with Crippen LogP contribution in [0.3, 0.4) is 0 Å². The quantitative estimate of drug-likeness (QED) is 0.787. The van der Waals surface area contributed by atoms with Gasteiger partial charge in [0.2, 0.25) is 0 Å². The van der Waals surface area contributed by atoms with Crippen molar-refractivity contribution in [3.05, 3.63) is 28.8 Å². The molecule has 1 heterocycles. The summed E-state index contributed by atoms with van der Waals surface area (Å²) in [7, 11) is 0. The van der Waals surface area contributed by atoms with Crippen LogP contribution in [-0.2, 0) is 9.59 Å². The lowest BCUT2D eigenvalue weighted by atomic mass is 9.84. The molecule has 1 N–H and O–H groups in total. The molecule has 1 atom stereocenters. The zero-order valence-electron chi connectivity index (χ0n) is 12.7. The zero-order valence-corrected chi connectivity index (χ0v) is 14.4. The zero-order chi connectivity index (χ0) is 16.4. The Morgan fingerprint density at radius 2 is 2.04 bits per heavy atom. The van der Waals surface area contributed by atoms with E-state index in [9.17, 15) is 14.7 Å². The molecule has 1 aliphatic rings. The van der Waals surface area contributed by atoms with E-state index in [-0.39, 0.29) is 6.42 Å². The van der Waals surface area contributed by atoms with Gasteiger partial charge in [-0.05, 0) is 36.5 Å². The fourth-order valence-corrected chi connectivity index (χ4v) is 4.54. The maximum atomic E-state index is 11.4. The van der Waals surface area contributed by atoms with Gasteiger partial charge >= 0.3 is 5.97 Å². The molecule has 1 aliphatic carbocycles. The van der Waals surface area contributed by atoms with Crippen molar-refractivity contribution in [3.8, 4) is 0 Å². The molecular formula is C17H19NO3S2. The Morgan fingerprint density at radius 3 is 2.70 bits per heavy atom. The van der Waals surface area contributed by atoms with Crippen LogP contribution in [0.5, 0.6) is 0 Å². The molecule has 6 heteroatoms. The molecule has 0 saturated heterocycles. The number of hydrogen-bond acceptors (Lipinski definition) is 4. The van der Waals surface area contributed by atoms with Gasteiger partial charge in [-0.1, -0.05) is 25.3 Å². The molecule has 0 bridgehead atoms. The maximum Gasteiger partial charge on any atom is 0.313 e. The van der Waals surface area contributed by atoms with Crippen LogP contribution >= 0.6 is 24.0 Å². The summed E-state index contributed by atoms with van der Waals surface area (Å²) in [6, 6.07) is 6.23. The van der Waals surface area contributed by atoms with Crippen molar-refractivity contribution in [2.24, 2.45) is 0 Å². The lowest BCUT2D eigenvalue weighted by Gasteiger charge is -2.21. The van der Waals surface area contributed by atoms with Crippen LogP contribution in [0, 0.1) is 0 Å². The molecule has 2 aromatic rings. The predicted molar refractivity (Wildman–Crippen MR) is 94.4 cm³/mol. The van der Waals surface area contributed by atoms with Crippen molar-refractivity contribution in [1.29, 1.82) is 0 Å². The summed E-state index contributed by atoms with van der Waals surface area (Å²) < 4.78 is 1.00. The number of aliphatic carboxylic acids is 1. The highest BCUT2D eigenvalue weighted by Gasteiger charge is 2.26. The van der Waals surface area contributed by atoms with Crippen molar-refractivity contribution in [2.75, 3.05) is 0 Å². The van der Waals surface area contributed by atoms with E-state index in [2.05, 4.69) is 29.7 Å². The smallest absolute Gasteiger partial charge is 0.313 e. The second kappa shape index (κ2) is 7.01. The number of carboxylic acid groups (broad SMARTS) is 1. The lowest BCUT2D eigenvalue weighted by molar-refractivity contribution is -0.139. The van der Waals surface area contributed by atoms with E-state index < -0.39 is 17.0 Å². The van der Waals surface area contributed by atoms with Crippen LogP contribution in [0.15, 0.2) is 18.2 Å². The van der Waals surface area contributed by atoms with Crippen LogP contribution in [0.25, 0.3) is 10.2 Å². The average Bonchev–Trinajstić information content (AvgIpc) is 2.95. The molecule has 1 saturated carbocycles. The number of rotatable bonds is 5. The highest BCUT2D eigenvalue weighted by molar-refractivity contribution is 7.96. The van der Waals surface area contributed by atoms with Gasteiger partial charge in [-0.3, -0.25) is 9.59 Å². The number of hydrogen-bond donors (Lipinski definition) is 2. The van der Waals surface area contributed by atoms with Gasteiger partial charge in [0.25, 0.3) is 0 Å². The van der Waals surface area contributed by atoms with Crippen LogP contribution < -0.4 is 0 Å². The van der Waals surface area contributed by atoms with Gasteiger partial charge in [0.15, 0.2) is 5.12 Å². The summed E-state index contributed by atoms with van der Waals surface area (Å²) in [6.45, 7) is 0. The number of nitrogens with zero attached hydrogens (tertiary/aromatic N) is 1. The van der Waals surface area contributed by atoms with E-state index in [1.54, 1.807) is 0 Å². The maximum absolute atomic E-state index is 11.4. The first kappa shape index (κ1) is 16.5. The number of aromatic nitrogens is 1. The number of thiazole rings is 1. The SMILES string of the molecule is O=C(S)CC(C(=O)O)c1nc2ccc(C3CCCCC3)cc2s1. The van der Waals surface area contributed by atoms with Crippen LogP contribution in [-0.4, -0.2) is 21.2 Å². The molecule has 1 unspecified atom stereocenters. The highest BCUT2D eigenvalue weighted by atomic mass is 32.1. The Hall–Kier alpha value is -1.40. The van der Waals surface area contributed by atoms with E-state index in [0.29, 0.717) is 10.9 Å². The lowest BCUT2D eigenvalue weighted by Crippen LogP contribution is -2.13. The third kappa shape index (κ3) is 3.75. The van der Waals surface area contributed by atoms with Gasteiger partial charge in [-0.2, -0.15) is 0 Å². The number of fused-ring (bicyclic) bond motifs is 1. The molecule has 0 aliphatic heterocycles. The van der Waals surface area contributed by atoms with E-state index in [1.807, 2.05) is 6.07 Å². The molecule has 0 amide bonds.